The van der Waals surface area contributed by atoms with Gasteiger partial charge in [-0.1, -0.05) is 0 Å². The van der Waals surface area contributed by atoms with Crippen LogP contribution in [-0.4, -0.2) is 62.7 Å². The van der Waals surface area contributed by atoms with E-state index in [0.717, 1.165) is 39.6 Å². The second-order valence-corrected chi connectivity index (χ2v) is 4.36. The molecule has 3 fully saturated rings. The number of hydrogen-bond donors (Lipinski definition) is 0. The largest absolute Gasteiger partial charge is 0.378 e. The predicted molar refractivity (Wildman–Crippen MR) is 50.3 cm³/mol. The van der Waals surface area contributed by atoms with E-state index in [4.69, 9.17) is 14.2 Å². The Labute approximate surface area is 84.1 Å². The topological polar surface area (TPSA) is 34.2 Å². The van der Waals surface area contributed by atoms with E-state index in [-0.39, 0.29) is 0 Å². The quantitative estimate of drug-likeness (QED) is 0.593. The Morgan fingerprint density at radius 1 is 0.929 bits per heavy atom. The van der Waals surface area contributed by atoms with Gasteiger partial charge < -0.3 is 14.2 Å². The van der Waals surface area contributed by atoms with Crippen molar-refractivity contribution in [3.05, 3.63) is 0 Å². The van der Waals surface area contributed by atoms with Gasteiger partial charge in [-0.15, -0.1) is 0 Å². The molecular weight excluding hydrogens is 182 g/mol. The first-order chi connectivity index (χ1) is 6.93. The molecule has 0 N–H and O–H groups in total. The fourth-order valence-corrected chi connectivity index (χ4v) is 2.35. The first kappa shape index (κ1) is 9.09. The van der Waals surface area contributed by atoms with Crippen LogP contribution in [0.2, 0.25) is 0 Å². The lowest BCUT2D eigenvalue weighted by Crippen LogP contribution is -2.59. The molecule has 2 bridgehead atoms. The first-order valence-electron chi connectivity index (χ1n) is 5.46. The van der Waals surface area contributed by atoms with Crippen molar-refractivity contribution in [2.24, 2.45) is 0 Å². The summed E-state index contributed by atoms with van der Waals surface area (Å²) in [7, 11) is 0. The molecule has 4 heteroatoms. The van der Waals surface area contributed by atoms with Crippen molar-refractivity contribution in [1.29, 1.82) is 0 Å². The zero-order valence-electron chi connectivity index (χ0n) is 8.35. The van der Waals surface area contributed by atoms with Crippen molar-refractivity contribution < 1.29 is 14.2 Å². The van der Waals surface area contributed by atoms with Gasteiger partial charge in [-0.2, -0.15) is 0 Å². The number of hydrogen-bond acceptors (Lipinski definition) is 4. The highest BCUT2D eigenvalue weighted by molar-refractivity contribution is 4.87. The van der Waals surface area contributed by atoms with Crippen LogP contribution in [-0.2, 0) is 14.2 Å². The third kappa shape index (κ3) is 1.80. The number of epoxide rings is 1. The van der Waals surface area contributed by atoms with Crippen molar-refractivity contribution in [3.63, 3.8) is 0 Å². The maximum absolute atomic E-state index is 5.54. The van der Waals surface area contributed by atoms with Gasteiger partial charge in [-0.3, -0.25) is 4.90 Å². The van der Waals surface area contributed by atoms with Gasteiger partial charge in [-0.05, 0) is 6.42 Å². The lowest BCUT2D eigenvalue weighted by Gasteiger charge is -2.45. The van der Waals surface area contributed by atoms with E-state index in [1.54, 1.807) is 0 Å². The smallest absolute Gasteiger partial charge is 0.0822 e. The van der Waals surface area contributed by atoms with Gasteiger partial charge in [0.05, 0.1) is 51.2 Å². The minimum absolute atomic E-state index is 0.487. The van der Waals surface area contributed by atoms with Crippen LogP contribution in [0.5, 0.6) is 0 Å². The Hall–Kier alpha value is -0.160. The fraction of sp³-hybridized carbons (Fsp3) is 1.00. The highest BCUT2D eigenvalue weighted by Gasteiger charge is 2.36. The van der Waals surface area contributed by atoms with Crippen molar-refractivity contribution in [3.8, 4) is 0 Å². The number of morpholine rings is 2. The SMILES string of the molecule is C(CN1C2COCC1COC2)C1CO1. The average Bonchev–Trinajstić information content (AvgIpc) is 2.97. The van der Waals surface area contributed by atoms with Gasteiger partial charge in [0.2, 0.25) is 0 Å². The summed E-state index contributed by atoms with van der Waals surface area (Å²) < 4.78 is 16.3. The van der Waals surface area contributed by atoms with E-state index in [2.05, 4.69) is 4.90 Å². The zero-order chi connectivity index (χ0) is 9.38. The fourth-order valence-electron chi connectivity index (χ4n) is 2.35. The van der Waals surface area contributed by atoms with Crippen molar-refractivity contribution in [1.82, 2.24) is 4.90 Å². The molecule has 3 heterocycles. The zero-order valence-corrected chi connectivity index (χ0v) is 8.35. The van der Waals surface area contributed by atoms with Crippen molar-refractivity contribution in [2.45, 2.75) is 24.6 Å². The summed E-state index contributed by atoms with van der Waals surface area (Å²) in [6, 6.07) is 0.975. The molecule has 14 heavy (non-hydrogen) atoms. The molecule has 0 aromatic carbocycles. The number of nitrogens with zero attached hydrogens (tertiary/aromatic N) is 1. The summed E-state index contributed by atoms with van der Waals surface area (Å²) in [5, 5.41) is 0. The molecule has 3 saturated heterocycles. The maximum atomic E-state index is 5.54. The van der Waals surface area contributed by atoms with E-state index in [0.29, 0.717) is 18.2 Å². The lowest BCUT2D eigenvalue weighted by molar-refractivity contribution is -0.137. The lowest BCUT2D eigenvalue weighted by atomic mass is 10.1. The molecule has 0 aromatic heterocycles. The Morgan fingerprint density at radius 2 is 1.50 bits per heavy atom. The van der Waals surface area contributed by atoms with Crippen LogP contribution in [0, 0.1) is 0 Å². The third-order valence-electron chi connectivity index (χ3n) is 3.29. The maximum Gasteiger partial charge on any atom is 0.0822 e. The van der Waals surface area contributed by atoms with Gasteiger partial charge in [0.15, 0.2) is 0 Å². The third-order valence-corrected chi connectivity index (χ3v) is 3.29. The molecule has 1 atom stereocenters. The van der Waals surface area contributed by atoms with Crippen LogP contribution in [0.25, 0.3) is 0 Å². The van der Waals surface area contributed by atoms with E-state index in [1.807, 2.05) is 0 Å². The molecule has 1 unspecified atom stereocenters. The van der Waals surface area contributed by atoms with Gasteiger partial charge in [0.25, 0.3) is 0 Å². The van der Waals surface area contributed by atoms with E-state index in [1.165, 1.54) is 6.42 Å². The van der Waals surface area contributed by atoms with Gasteiger partial charge in [0, 0.05) is 6.54 Å². The van der Waals surface area contributed by atoms with Crippen LogP contribution in [0.15, 0.2) is 0 Å². The van der Waals surface area contributed by atoms with E-state index in [9.17, 15) is 0 Å². The first-order valence-corrected chi connectivity index (χ1v) is 5.46. The molecule has 3 aliphatic rings. The Kier molecular flexibility index (Phi) is 2.45. The molecule has 3 aliphatic heterocycles. The van der Waals surface area contributed by atoms with Crippen LogP contribution in [0.4, 0.5) is 0 Å². The van der Waals surface area contributed by atoms with Gasteiger partial charge >= 0.3 is 0 Å². The predicted octanol–water partition coefficient (Wildman–Crippen LogP) is -0.125. The van der Waals surface area contributed by atoms with Gasteiger partial charge in [-0.25, -0.2) is 0 Å². The Morgan fingerprint density at radius 3 is 2.00 bits per heavy atom. The molecule has 3 rings (SSSR count). The molecule has 0 aromatic rings. The van der Waals surface area contributed by atoms with Crippen molar-refractivity contribution in [2.75, 3.05) is 39.6 Å². The van der Waals surface area contributed by atoms with E-state index < -0.39 is 0 Å². The molecule has 4 nitrogen and oxygen atoms in total. The van der Waals surface area contributed by atoms with Crippen LogP contribution < -0.4 is 0 Å². The number of ether oxygens (including phenoxy) is 3. The summed E-state index contributed by atoms with van der Waals surface area (Å²) in [6.45, 7) is 5.46. The highest BCUT2D eigenvalue weighted by Crippen LogP contribution is 2.22. The summed E-state index contributed by atoms with van der Waals surface area (Å²) in [5.41, 5.74) is 0. The molecule has 80 valence electrons. The Balaban J connectivity index is 1.57. The standard InChI is InChI=1S/C10H17NO3/c1(10-7-14-10)2-11-8-3-12-5-9(11)6-13-4-8/h8-10H,1-7H2. The number of rotatable bonds is 3. The normalized spacial score (nSPS) is 42.4. The molecule has 0 radical (unpaired) electrons. The summed E-state index contributed by atoms with van der Waals surface area (Å²) in [6.07, 6.45) is 1.71. The summed E-state index contributed by atoms with van der Waals surface area (Å²) >= 11 is 0. The summed E-state index contributed by atoms with van der Waals surface area (Å²) in [4.78, 5) is 2.55. The van der Waals surface area contributed by atoms with Crippen molar-refractivity contribution >= 4 is 0 Å². The van der Waals surface area contributed by atoms with Crippen LogP contribution in [0.1, 0.15) is 6.42 Å². The molecule has 0 aliphatic carbocycles. The highest BCUT2D eigenvalue weighted by atomic mass is 16.6. The second-order valence-electron chi connectivity index (χ2n) is 4.36. The van der Waals surface area contributed by atoms with Crippen LogP contribution >= 0.6 is 0 Å². The monoisotopic (exact) mass is 199 g/mol. The minimum Gasteiger partial charge on any atom is -0.378 e. The number of fused-ring (bicyclic) bond motifs is 2. The summed E-state index contributed by atoms with van der Waals surface area (Å²) in [5.74, 6) is 0. The minimum atomic E-state index is 0.487. The molecule has 0 spiro atoms. The average molecular weight is 199 g/mol. The van der Waals surface area contributed by atoms with E-state index >= 15 is 0 Å². The molecule has 0 amide bonds. The van der Waals surface area contributed by atoms with Crippen LogP contribution in [0.3, 0.4) is 0 Å². The molecule has 0 saturated carbocycles. The molecular formula is C10H17NO3. The second kappa shape index (κ2) is 3.77. The Bertz CT molecular complexity index is 186. The van der Waals surface area contributed by atoms with Gasteiger partial charge in [0.1, 0.15) is 0 Å².